The second-order valence-electron chi connectivity index (χ2n) is 8.64. The molecule has 3 aliphatic rings. The summed E-state index contributed by atoms with van der Waals surface area (Å²) < 4.78 is 37.9. The Kier molecular flexibility index (Phi) is 6.16. The van der Waals surface area contributed by atoms with E-state index in [2.05, 4.69) is 19.8 Å². The molecule has 2 aliphatic heterocycles. The number of aromatic nitrogens is 2. The van der Waals surface area contributed by atoms with Crippen molar-refractivity contribution in [3.63, 3.8) is 0 Å². The Labute approximate surface area is 177 Å². The highest BCUT2D eigenvalue weighted by Gasteiger charge is 2.58. The van der Waals surface area contributed by atoms with Gasteiger partial charge in [-0.3, -0.25) is 9.69 Å². The van der Waals surface area contributed by atoms with E-state index in [9.17, 15) is 13.2 Å². The van der Waals surface area contributed by atoms with Crippen LogP contribution in [0.25, 0.3) is 0 Å². The first-order valence-corrected chi connectivity index (χ1v) is 12.4. The number of carbonyl (C=O) groups excluding carboxylic acids is 1. The topological polar surface area (TPSA) is 118 Å². The standard InChI is InChI=1S/C19H31N5O5S/c1-3-30(26,27)22-16-10-15-12-24(17(25)4-5-23-6-8-28-9-7-23)13-19(15,11-16)18-20-14(2)21-29-18/h15-16,22H,3-13H2,1-2H3. The molecule has 0 spiro atoms. The lowest BCUT2D eigenvalue weighted by atomic mass is 9.80. The van der Waals surface area contributed by atoms with E-state index in [4.69, 9.17) is 9.26 Å². The number of aryl methyl sites for hydroxylation is 1. The Morgan fingerprint density at radius 1 is 1.33 bits per heavy atom. The summed E-state index contributed by atoms with van der Waals surface area (Å²) in [5, 5.41) is 3.95. The zero-order valence-corrected chi connectivity index (χ0v) is 18.5. The number of nitrogens with one attached hydrogen (secondary N) is 1. The lowest BCUT2D eigenvalue weighted by Gasteiger charge is -2.28. The van der Waals surface area contributed by atoms with Crippen LogP contribution in [0.5, 0.6) is 0 Å². The molecular weight excluding hydrogens is 410 g/mol. The number of sulfonamides is 1. The molecule has 1 aromatic rings. The minimum Gasteiger partial charge on any atom is -0.379 e. The van der Waals surface area contributed by atoms with Crippen LogP contribution in [-0.4, -0.2) is 92.0 Å². The maximum atomic E-state index is 12.9. The van der Waals surface area contributed by atoms with Gasteiger partial charge in [-0.1, -0.05) is 5.16 Å². The molecule has 11 heteroatoms. The molecule has 4 rings (SSSR count). The fourth-order valence-electron chi connectivity index (χ4n) is 5.06. The first-order chi connectivity index (χ1) is 14.3. The Morgan fingerprint density at radius 2 is 2.10 bits per heavy atom. The normalized spacial score (nSPS) is 30.0. The SMILES string of the molecule is CCS(=O)(=O)NC1CC2CN(C(=O)CCN3CCOCC3)CC2(c2nc(C)no2)C1. The average molecular weight is 442 g/mol. The van der Waals surface area contributed by atoms with Gasteiger partial charge in [0.2, 0.25) is 21.8 Å². The third-order valence-corrected chi connectivity index (χ3v) is 8.11. The van der Waals surface area contributed by atoms with Gasteiger partial charge in [0.15, 0.2) is 5.82 Å². The van der Waals surface area contributed by atoms with E-state index in [1.807, 2.05) is 4.90 Å². The van der Waals surface area contributed by atoms with E-state index >= 15 is 0 Å². The molecule has 1 aliphatic carbocycles. The van der Waals surface area contributed by atoms with Crippen LogP contribution in [0.1, 0.15) is 37.9 Å². The van der Waals surface area contributed by atoms with Crippen LogP contribution in [0.15, 0.2) is 4.52 Å². The van der Waals surface area contributed by atoms with Crippen LogP contribution in [0.4, 0.5) is 0 Å². The third-order valence-electron chi connectivity index (χ3n) is 6.65. The lowest BCUT2D eigenvalue weighted by molar-refractivity contribution is -0.131. The van der Waals surface area contributed by atoms with E-state index in [0.29, 0.717) is 57.3 Å². The first-order valence-electron chi connectivity index (χ1n) is 10.7. The van der Waals surface area contributed by atoms with Gasteiger partial charge in [0.1, 0.15) is 0 Å². The zero-order valence-electron chi connectivity index (χ0n) is 17.7. The molecular formula is C19H31N5O5S. The fourth-order valence-corrected chi connectivity index (χ4v) is 5.91. The monoisotopic (exact) mass is 441 g/mol. The van der Waals surface area contributed by atoms with Crippen LogP contribution in [0.3, 0.4) is 0 Å². The summed E-state index contributed by atoms with van der Waals surface area (Å²) in [5.41, 5.74) is -0.489. The molecule has 1 N–H and O–H groups in total. The van der Waals surface area contributed by atoms with Gasteiger partial charge in [-0.25, -0.2) is 13.1 Å². The second-order valence-corrected chi connectivity index (χ2v) is 10.7. The maximum Gasteiger partial charge on any atom is 0.235 e. The maximum absolute atomic E-state index is 12.9. The smallest absolute Gasteiger partial charge is 0.235 e. The molecule has 3 unspecified atom stereocenters. The van der Waals surface area contributed by atoms with Crippen molar-refractivity contribution >= 4 is 15.9 Å². The predicted octanol–water partition coefficient (Wildman–Crippen LogP) is -0.102. The molecule has 168 valence electrons. The molecule has 10 nitrogen and oxygen atoms in total. The van der Waals surface area contributed by atoms with E-state index in [-0.39, 0.29) is 23.6 Å². The van der Waals surface area contributed by atoms with Gasteiger partial charge in [0.25, 0.3) is 0 Å². The minimum absolute atomic E-state index is 0.0486. The van der Waals surface area contributed by atoms with E-state index in [1.165, 1.54) is 0 Å². The molecule has 0 radical (unpaired) electrons. The van der Waals surface area contributed by atoms with E-state index in [1.54, 1.807) is 13.8 Å². The molecule has 2 saturated heterocycles. The van der Waals surface area contributed by atoms with Crippen molar-refractivity contribution < 1.29 is 22.5 Å². The second kappa shape index (κ2) is 8.52. The van der Waals surface area contributed by atoms with Crippen molar-refractivity contribution in [3.05, 3.63) is 11.7 Å². The summed E-state index contributed by atoms with van der Waals surface area (Å²) >= 11 is 0. The molecule has 1 aromatic heterocycles. The Hall–Kier alpha value is -1.56. The minimum atomic E-state index is -3.30. The summed E-state index contributed by atoms with van der Waals surface area (Å²) in [7, 11) is -3.30. The molecule has 3 atom stereocenters. The van der Waals surface area contributed by atoms with Gasteiger partial charge in [-0.05, 0) is 32.6 Å². The molecule has 0 bridgehead atoms. The molecule has 1 saturated carbocycles. The highest BCUT2D eigenvalue weighted by atomic mass is 32.2. The van der Waals surface area contributed by atoms with Crippen LogP contribution in [0, 0.1) is 12.8 Å². The highest BCUT2D eigenvalue weighted by molar-refractivity contribution is 7.89. The number of amides is 1. The van der Waals surface area contributed by atoms with Crippen molar-refractivity contribution in [1.82, 2.24) is 24.7 Å². The van der Waals surface area contributed by atoms with Crippen molar-refractivity contribution in [2.24, 2.45) is 5.92 Å². The van der Waals surface area contributed by atoms with Crippen molar-refractivity contribution in [2.75, 3.05) is 51.7 Å². The van der Waals surface area contributed by atoms with Gasteiger partial charge >= 0.3 is 0 Å². The number of likely N-dealkylation sites (tertiary alicyclic amines) is 1. The molecule has 3 fully saturated rings. The number of hydrogen-bond donors (Lipinski definition) is 1. The fraction of sp³-hybridized carbons (Fsp3) is 0.842. The van der Waals surface area contributed by atoms with Crippen molar-refractivity contribution in [3.8, 4) is 0 Å². The Balaban J connectivity index is 1.46. The summed E-state index contributed by atoms with van der Waals surface area (Å²) in [6.07, 6.45) is 1.69. The van der Waals surface area contributed by atoms with Gasteiger partial charge in [0.05, 0.1) is 24.4 Å². The zero-order chi connectivity index (χ0) is 21.4. The number of rotatable bonds is 7. The quantitative estimate of drug-likeness (QED) is 0.623. The largest absolute Gasteiger partial charge is 0.379 e. The third kappa shape index (κ3) is 4.39. The van der Waals surface area contributed by atoms with E-state index in [0.717, 1.165) is 19.6 Å². The van der Waals surface area contributed by atoms with Gasteiger partial charge < -0.3 is 14.2 Å². The van der Waals surface area contributed by atoms with Gasteiger partial charge in [-0.2, -0.15) is 4.98 Å². The molecule has 3 heterocycles. The molecule has 1 amide bonds. The van der Waals surface area contributed by atoms with Crippen LogP contribution >= 0.6 is 0 Å². The predicted molar refractivity (Wildman–Crippen MR) is 108 cm³/mol. The van der Waals surface area contributed by atoms with Gasteiger partial charge in [-0.15, -0.1) is 0 Å². The molecule has 0 aromatic carbocycles. The number of hydrogen-bond acceptors (Lipinski definition) is 8. The highest BCUT2D eigenvalue weighted by Crippen LogP contribution is 2.50. The number of nitrogens with zero attached hydrogens (tertiary/aromatic N) is 4. The Morgan fingerprint density at radius 3 is 2.77 bits per heavy atom. The lowest BCUT2D eigenvalue weighted by Crippen LogP contribution is -2.41. The van der Waals surface area contributed by atoms with Crippen LogP contribution in [0.2, 0.25) is 0 Å². The number of ether oxygens (including phenoxy) is 1. The summed E-state index contributed by atoms with van der Waals surface area (Å²) in [6.45, 7) is 8.37. The Bertz CT molecular complexity index is 868. The van der Waals surface area contributed by atoms with Gasteiger partial charge in [0, 0.05) is 45.2 Å². The number of fused-ring (bicyclic) bond motifs is 1. The molecule has 30 heavy (non-hydrogen) atoms. The summed E-state index contributed by atoms with van der Waals surface area (Å²) in [6, 6.07) is -0.183. The summed E-state index contributed by atoms with van der Waals surface area (Å²) in [4.78, 5) is 21.6. The van der Waals surface area contributed by atoms with Crippen molar-refractivity contribution in [1.29, 1.82) is 0 Å². The number of carbonyl (C=O) groups is 1. The summed E-state index contributed by atoms with van der Waals surface area (Å²) in [5.74, 6) is 1.33. The van der Waals surface area contributed by atoms with Crippen molar-refractivity contribution in [2.45, 2.75) is 44.6 Å². The van der Waals surface area contributed by atoms with E-state index < -0.39 is 15.4 Å². The van der Waals surface area contributed by atoms with Crippen LogP contribution in [-0.2, 0) is 25.0 Å². The van der Waals surface area contributed by atoms with Crippen LogP contribution < -0.4 is 4.72 Å². The first kappa shape index (κ1) is 21.7. The average Bonchev–Trinajstić information content (AvgIpc) is 3.39. The number of morpholine rings is 1.